The third-order valence-corrected chi connectivity index (χ3v) is 3.76. The van der Waals surface area contributed by atoms with Crippen molar-refractivity contribution in [3.05, 3.63) is 58.4 Å². The summed E-state index contributed by atoms with van der Waals surface area (Å²) < 4.78 is 4.73. The molecule has 0 aliphatic carbocycles. The number of aldehydes is 1. The molecule has 0 aliphatic rings. The summed E-state index contributed by atoms with van der Waals surface area (Å²) in [6, 6.07) is 9.04. The maximum absolute atomic E-state index is 11.9. The molecule has 124 valence electrons. The molecule has 0 amide bonds. The number of carbonyl (C=O) groups is 2. The third kappa shape index (κ3) is 3.39. The van der Waals surface area contributed by atoms with Gasteiger partial charge in [-0.15, -0.1) is 0 Å². The molecule has 1 aromatic heterocycles. The average molecular weight is 325 g/mol. The minimum Gasteiger partial charge on any atom is -0.465 e. The number of carbonyl (C=O) groups excluding carboxylic acids is 2. The minimum atomic E-state index is -1.36. The first kappa shape index (κ1) is 17.5. The van der Waals surface area contributed by atoms with Crippen LogP contribution < -0.4 is 0 Å². The first-order chi connectivity index (χ1) is 11.4. The van der Waals surface area contributed by atoms with Gasteiger partial charge in [-0.2, -0.15) is 0 Å². The van der Waals surface area contributed by atoms with Gasteiger partial charge in [0.05, 0.1) is 24.1 Å². The van der Waals surface area contributed by atoms with Gasteiger partial charge in [-0.3, -0.25) is 4.79 Å². The molecule has 1 unspecified atom stereocenters. The van der Waals surface area contributed by atoms with Crippen molar-refractivity contribution in [3.63, 3.8) is 0 Å². The maximum atomic E-state index is 11.9. The first-order valence-electron chi connectivity index (χ1n) is 7.54. The largest absolute Gasteiger partial charge is 0.465 e. The second kappa shape index (κ2) is 7.16. The van der Waals surface area contributed by atoms with E-state index in [-0.39, 0.29) is 11.3 Å². The number of hydrogen-bond acceptors (Lipinski definition) is 4. The second-order valence-corrected chi connectivity index (χ2v) is 5.42. The third-order valence-electron chi connectivity index (χ3n) is 3.76. The van der Waals surface area contributed by atoms with Gasteiger partial charge < -0.3 is 14.8 Å². The molecule has 0 saturated heterocycles. The molecule has 2 rings (SSSR count). The van der Waals surface area contributed by atoms with Crippen molar-refractivity contribution in [2.75, 3.05) is 7.11 Å². The number of nitrogens with one attached hydrogen (secondary N) is 1. The number of hydrogen-bond donors (Lipinski definition) is 2. The minimum absolute atomic E-state index is 0.127. The van der Waals surface area contributed by atoms with Gasteiger partial charge in [0, 0.05) is 5.56 Å². The molecule has 0 bridgehead atoms. The normalized spacial score (nSPS) is 12.7. The van der Waals surface area contributed by atoms with Crippen molar-refractivity contribution >= 4 is 12.3 Å². The Hall–Kier alpha value is -2.84. The number of aromatic amines is 1. The van der Waals surface area contributed by atoms with E-state index in [9.17, 15) is 14.7 Å². The van der Waals surface area contributed by atoms with Gasteiger partial charge >= 0.3 is 5.97 Å². The lowest BCUT2D eigenvalue weighted by Gasteiger charge is -2.16. The number of esters is 1. The number of aromatic nitrogens is 1. The summed E-state index contributed by atoms with van der Waals surface area (Å²) in [5.74, 6) is 5.06. The number of methoxy groups -OCH3 is 1. The molecule has 1 atom stereocenters. The highest BCUT2D eigenvalue weighted by molar-refractivity contribution is 5.99. The first-order valence-corrected chi connectivity index (χ1v) is 7.54. The van der Waals surface area contributed by atoms with Gasteiger partial charge in [0.1, 0.15) is 5.60 Å². The molecule has 0 fully saturated rings. The van der Waals surface area contributed by atoms with Crippen molar-refractivity contribution in [2.45, 2.75) is 25.9 Å². The van der Waals surface area contributed by atoms with Crippen LogP contribution in [0.2, 0.25) is 0 Å². The van der Waals surface area contributed by atoms with Crippen LogP contribution in [0.5, 0.6) is 0 Å². The van der Waals surface area contributed by atoms with E-state index in [2.05, 4.69) is 16.8 Å². The zero-order chi connectivity index (χ0) is 17.7. The van der Waals surface area contributed by atoms with Gasteiger partial charge in [0.25, 0.3) is 0 Å². The highest BCUT2D eigenvalue weighted by Gasteiger charge is 2.23. The Kier molecular flexibility index (Phi) is 5.22. The molecule has 24 heavy (non-hydrogen) atoms. The smallest absolute Gasteiger partial charge is 0.340 e. The van der Waals surface area contributed by atoms with Crippen LogP contribution in [-0.4, -0.2) is 29.5 Å². The van der Waals surface area contributed by atoms with Crippen LogP contribution >= 0.6 is 0 Å². The lowest BCUT2D eigenvalue weighted by molar-refractivity contribution is 0.0597. The summed E-state index contributed by atoms with van der Waals surface area (Å²) in [5.41, 5.74) is 0.646. The summed E-state index contributed by atoms with van der Waals surface area (Å²) in [6.07, 6.45) is 1.05. The lowest BCUT2D eigenvalue weighted by Crippen LogP contribution is -2.18. The van der Waals surface area contributed by atoms with E-state index in [4.69, 9.17) is 4.74 Å². The van der Waals surface area contributed by atoms with Crippen molar-refractivity contribution < 1.29 is 19.4 Å². The molecule has 0 saturated carbocycles. The topological polar surface area (TPSA) is 79.4 Å². The molecule has 5 heteroatoms. The Morgan fingerprint density at radius 3 is 2.58 bits per heavy atom. The fourth-order valence-electron chi connectivity index (χ4n) is 2.46. The number of H-pyrrole nitrogens is 1. The summed E-state index contributed by atoms with van der Waals surface area (Å²) >= 11 is 0. The predicted molar refractivity (Wildman–Crippen MR) is 89.8 cm³/mol. The van der Waals surface area contributed by atoms with Crippen LogP contribution in [0, 0.1) is 11.8 Å². The molecule has 0 spiro atoms. The molecule has 5 nitrogen and oxygen atoms in total. The van der Waals surface area contributed by atoms with Gasteiger partial charge in [-0.25, -0.2) is 4.79 Å². The number of ether oxygens (including phenoxy) is 1. The fourth-order valence-corrected chi connectivity index (χ4v) is 2.46. The highest BCUT2D eigenvalue weighted by atomic mass is 16.5. The van der Waals surface area contributed by atoms with Crippen LogP contribution in [0.4, 0.5) is 0 Å². The van der Waals surface area contributed by atoms with Crippen molar-refractivity contribution in [1.82, 2.24) is 4.98 Å². The average Bonchev–Trinajstić information content (AvgIpc) is 2.97. The second-order valence-electron chi connectivity index (χ2n) is 5.42. The zero-order valence-corrected chi connectivity index (χ0v) is 13.8. The Labute approximate surface area is 140 Å². The summed E-state index contributed by atoms with van der Waals surface area (Å²) in [6.45, 7) is 3.44. The van der Waals surface area contributed by atoms with E-state index in [0.717, 1.165) is 0 Å². The molecule has 1 aromatic carbocycles. The van der Waals surface area contributed by atoms with Crippen LogP contribution in [-0.2, 0) is 16.8 Å². The summed E-state index contributed by atoms with van der Waals surface area (Å²) in [7, 11) is 1.26. The Bertz CT molecular complexity index is 807. The molecule has 2 aromatic rings. The van der Waals surface area contributed by atoms with Gasteiger partial charge in [0.2, 0.25) is 0 Å². The SMILES string of the molecule is CCc1c(C#CC(C)(O)c2ccccc2)[nH]c(C=O)c1C(=O)OC. The van der Waals surface area contributed by atoms with Gasteiger partial charge in [-0.1, -0.05) is 43.2 Å². The maximum Gasteiger partial charge on any atom is 0.340 e. The van der Waals surface area contributed by atoms with E-state index < -0.39 is 11.6 Å². The van der Waals surface area contributed by atoms with E-state index in [1.165, 1.54) is 7.11 Å². The quantitative estimate of drug-likeness (QED) is 0.514. The van der Waals surface area contributed by atoms with E-state index in [1.54, 1.807) is 19.1 Å². The van der Waals surface area contributed by atoms with E-state index in [1.807, 2.05) is 25.1 Å². The lowest BCUT2D eigenvalue weighted by atomic mass is 9.96. The molecule has 1 heterocycles. The molecule has 0 radical (unpaired) electrons. The van der Waals surface area contributed by atoms with Crippen molar-refractivity contribution in [2.24, 2.45) is 0 Å². The fraction of sp³-hybridized carbons (Fsp3) is 0.263. The van der Waals surface area contributed by atoms with Gasteiger partial charge in [0.15, 0.2) is 6.29 Å². The Morgan fingerprint density at radius 2 is 2.04 bits per heavy atom. The Balaban J connectivity index is 2.50. The number of benzene rings is 1. The van der Waals surface area contributed by atoms with Crippen LogP contribution in [0.15, 0.2) is 30.3 Å². The number of aliphatic hydroxyl groups is 1. The van der Waals surface area contributed by atoms with Crippen LogP contribution in [0.25, 0.3) is 0 Å². The standard InChI is InChI=1S/C19H19NO4/c1-4-14-15(20-16(12-21)17(14)18(22)24-3)10-11-19(2,23)13-8-6-5-7-9-13/h5-9,12,20,23H,4H2,1-3H3. The molecule has 0 aliphatic heterocycles. The summed E-state index contributed by atoms with van der Waals surface area (Å²) in [5, 5.41) is 10.6. The van der Waals surface area contributed by atoms with E-state index in [0.29, 0.717) is 29.5 Å². The molecular formula is C19H19NO4. The van der Waals surface area contributed by atoms with Crippen LogP contribution in [0.1, 0.15) is 51.5 Å². The monoisotopic (exact) mass is 325 g/mol. The summed E-state index contributed by atoms with van der Waals surface area (Å²) in [4.78, 5) is 26.0. The van der Waals surface area contributed by atoms with E-state index >= 15 is 0 Å². The zero-order valence-electron chi connectivity index (χ0n) is 13.8. The van der Waals surface area contributed by atoms with Crippen molar-refractivity contribution in [1.29, 1.82) is 0 Å². The highest BCUT2D eigenvalue weighted by Crippen LogP contribution is 2.22. The predicted octanol–water partition coefficient (Wildman–Crippen LogP) is 2.44. The molecular weight excluding hydrogens is 306 g/mol. The van der Waals surface area contributed by atoms with Crippen molar-refractivity contribution in [3.8, 4) is 11.8 Å². The Morgan fingerprint density at radius 1 is 1.38 bits per heavy atom. The van der Waals surface area contributed by atoms with Crippen LogP contribution in [0.3, 0.4) is 0 Å². The number of rotatable bonds is 4. The van der Waals surface area contributed by atoms with Gasteiger partial charge in [-0.05, 0) is 24.8 Å². The molecule has 2 N–H and O–H groups in total.